The summed E-state index contributed by atoms with van der Waals surface area (Å²) in [5.74, 6) is 3.35. The van der Waals surface area contributed by atoms with Crippen LogP contribution in [0.5, 0.6) is 23.0 Å². The summed E-state index contributed by atoms with van der Waals surface area (Å²) in [6.45, 7) is 2.71. The third kappa shape index (κ3) is 11.5. The molecule has 5 rings (SSSR count). The van der Waals surface area contributed by atoms with Crippen LogP contribution in [0.4, 0.5) is 0 Å². The fourth-order valence-corrected chi connectivity index (χ4v) is 5.51. The normalized spacial score (nSPS) is 10.5. The van der Waals surface area contributed by atoms with Crippen molar-refractivity contribution in [1.29, 1.82) is 10.5 Å². The topological polar surface area (TPSA) is 84.5 Å². The summed E-state index contributed by atoms with van der Waals surface area (Å²) in [6.07, 6.45) is 8.29. The van der Waals surface area contributed by atoms with Gasteiger partial charge >= 0.3 is 0 Å². The van der Waals surface area contributed by atoms with Crippen molar-refractivity contribution in [1.82, 2.24) is 0 Å². The van der Waals surface area contributed by atoms with Crippen molar-refractivity contribution >= 4 is 0 Å². The number of unbranched alkanes of at least 4 members (excludes halogenated alkanes) is 6. The van der Waals surface area contributed by atoms with Crippen LogP contribution in [0.3, 0.4) is 0 Å². The molecule has 6 heteroatoms. The van der Waals surface area contributed by atoms with Gasteiger partial charge in [0.2, 0.25) is 0 Å². The van der Waals surface area contributed by atoms with Crippen LogP contribution >= 0.6 is 0 Å². The van der Waals surface area contributed by atoms with Gasteiger partial charge in [-0.3, -0.25) is 0 Å². The van der Waals surface area contributed by atoms with Crippen LogP contribution in [0.25, 0.3) is 22.3 Å². The second-order valence-corrected chi connectivity index (χ2v) is 12.1. The monoisotopic (exact) mass is 664 g/mol. The third-order valence-electron chi connectivity index (χ3n) is 8.38. The average molecular weight is 665 g/mol. The number of rotatable bonds is 20. The standard InChI is InChI=1S/C44H44N2O4/c45-33-35-13-17-37(18-14-35)39-21-25-41(26-22-39)47-29-7-1-3-9-31-49-43-11-5-6-12-44(43)50-32-10-4-2-8-30-48-42-27-23-40(24-28-42)38-19-15-36(34-46)16-20-38/h5-6,11-28H,1-4,7-10,29-32H2. The van der Waals surface area contributed by atoms with Crippen molar-refractivity contribution in [3.8, 4) is 57.4 Å². The van der Waals surface area contributed by atoms with Gasteiger partial charge < -0.3 is 18.9 Å². The zero-order valence-corrected chi connectivity index (χ0v) is 28.6. The smallest absolute Gasteiger partial charge is 0.161 e. The minimum absolute atomic E-state index is 0.663. The predicted molar refractivity (Wildman–Crippen MR) is 199 cm³/mol. The Balaban J connectivity index is 0.877. The van der Waals surface area contributed by atoms with E-state index < -0.39 is 0 Å². The zero-order valence-electron chi connectivity index (χ0n) is 28.6. The number of hydrogen-bond acceptors (Lipinski definition) is 6. The Morgan fingerprint density at radius 3 is 0.960 bits per heavy atom. The Labute approximate surface area is 296 Å². The van der Waals surface area contributed by atoms with Gasteiger partial charge in [-0.2, -0.15) is 10.5 Å². The summed E-state index contributed by atoms with van der Waals surface area (Å²) < 4.78 is 24.0. The molecular formula is C44H44N2O4. The van der Waals surface area contributed by atoms with Crippen LogP contribution in [0.1, 0.15) is 62.5 Å². The van der Waals surface area contributed by atoms with Gasteiger partial charge in [0.05, 0.1) is 49.7 Å². The van der Waals surface area contributed by atoms with Crippen molar-refractivity contribution in [3.63, 3.8) is 0 Å². The third-order valence-corrected chi connectivity index (χ3v) is 8.38. The van der Waals surface area contributed by atoms with Gasteiger partial charge in [0.1, 0.15) is 11.5 Å². The van der Waals surface area contributed by atoms with Crippen molar-refractivity contribution in [2.45, 2.75) is 51.4 Å². The van der Waals surface area contributed by atoms with Crippen LogP contribution < -0.4 is 18.9 Å². The molecule has 0 aliphatic rings. The van der Waals surface area contributed by atoms with E-state index in [1.54, 1.807) is 0 Å². The maximum atomic E-state index is 8.98. The van der Waals surface area contributed by atoms with Crippen molar-refractivity contribution in [3.05, 3.63) is 132 Å². The Morgan fingerprint density at radius 1 is 0.340 bits per heavy atom. The van der Waals surface area contributed by atoms with Crippen LogP contribution in [0.2, 0.25) is 0 Å². The summed E-state index contributed by atoms with van der Waals surface area (Å²) in [6, 6.07) is 43.6. The molecule has 6 nitrogen and oxygen atoms in total. The van der Waals surface area contributed by atoms with Crippen molar-refractivity contribution in [2.24, 2.45) is 0 Å². The van der Waals surface area contributed by atoms with Gasteiger partial charge in [0.15, 0.2) is 11.5 Å². The lowest BCUT2D eigenvalue weighted by Gasteiger charge is -2.13. The Kier molecular flexibility index (Phi) is 14.2. The summed E-state index contributed by atoms with van der Waals surface area (Å²) in [5.41, 5.74) is 5.71. The fourth-order valence-electron chi connectivity index (χ4n) is 5.51. The first-order valence-electron chi connectivity index (χ1n) is 17.5. The van der Waals surface area contributed by atoms with Gasteiger partial charge in [-0.05, 0) is 134 Å². The molecule has 5 aromatic rings. The van der Waals surface area contributed by atoms with Crippen LogP contribution in [0, 0.1) is 22.7 Å². The van der Waals surface area contributed by atoms with Crippen LogP contribution in [0.15, 0.2) is 121 Å². The van der Waals surface area contributed by atoms with E-state index in [0.29, 0.717) is 37.6 Å². The van der Waals surface area contributed by atoms with Gasteiger partial charge in [-0.25, -0.2) is 0 Å². The number of benzene rings is 5. The summed E-state index contributed by atoms with van der Waals surface area (Å²) >= 11 is 0. The summed E-state index contributed by atoms with van der Waals surface area (Å²) in [4.78, 5) is 0. The number of nitriles is 2. The van der Waals surface area contributed by atoms with E-state index in [4.69, 9.17) is 29.5 Å². The molecule has 0 unspecified atom stereocenters. The van der Waals surface area contributed by atoms with Crippen LogP contribution in [-0.2, 0) is 0 Å². The maximum Gasteiger partial charge on any atom is 0.161 e. The molecule has 0 radical (unpaired) electrons. The molecule has 254 valence electrons. The molecule has 0 fully saturated rings. The van der Waals surface area contributed by atoms with E-state index in [9.17, 15) is 0 Å². The van der Waals surface area contributed by atoms with Crippen LogP contribution in [-0.4, -0.2) is 26.4 Å². The zero-order chi connectivity index (χ0) is 34.6. The molecule has 0 saturated carbocycles. The predicted octanol–water partition coefficient (Wildman–Crippen LogP) is 10.8. The maximum absolute atomic E-state index is 8.98. The van der Waals surface area contributed by atoms with E-state index in [-0.39, 0.29) is 0 Å². The minimum atomic E-state index is 0.663. The van der Waals surface area contributed by atoms with Gasteiger partial charge in [-0.15, -0.1) is 0 Å². The first-order valence-corrected chi connectivity index (χ1v) is 17.5. The highest BCUT2D eigenvalue weighted by Gasteiger charge is 2.05. The molecule has 0 heterocycles. The molecule has 50 heavy (non-hydrogen) atoms. The number of para-hydroxylation sites is 2. The van der Waals surface area contributed by atoms with Crippen molar-refractivity contribution in [2.75, 3.05) is 26.4 Å². The highest BCUT2D eigenvalue weighted by Crippen LogP contribution is 2.28. The number of nitrogens with zero attached hydrogens (tertiary/aromatic N) is 2. The largest absolute Gasteiger partial charge is 0.494 e. The molecule has 0 N–H and O–H groups in total. The quantitative estimate of drug-likeness (QED) is 0.0770. The number of hydrogen-bond donors (Lipinski definition) is 0. The second-order valence-electron chi connectivity index (χ2n) is 12.1. The second kappa shape index (κ2) is 19.9. The molecule has 0 spiro atoms. The number of ether oxygens (including phenoxy) is 4. The highest BCUT2D eigenvalue weighted by atomic mass is 16.5. The minimum Gasteiger partial charge on any atom is -0.494 e. The van der Waals surface area contributed by atoms with Crippen molar-refractivity contribution < 1.29 is 18.9 Å². The molecule has 0 aromatic heterocycles. The fraction of sp³-hybridized carbons (Fsp3) is 0.273. The molecule has 0 bridgehead atoms. The van der Waals surface area contributed by atoms with Gasteiger partial charge in [0, 0.05) is 0 Å². The molecule has 0 aliphatic carbocycles. The highest BCUT2D eigenvalue weighted by molar-refractivity contribution is 5.66. The lowest BCUT2D eigenvalue weighted by atomic mass is 10.0. The Bertz CT molecular complexity index is 1670. The van der Waals surface area contributed by atoms with E-state index in [0.717, 1.165) is 96.6 Å². The summed E-state index contributed by atoms with van der Waals surface area (Å²) in [7, 11) is 0. The van der Waals surface area contributed by atoms with Gasteiger partial charge in [-0.1, -0.05) is 60.7 Å². The first-order chi connectivity index (χ1) is 24.7. The van der Waals surface area contributed by atoms with E-state index in [1.807, 2.05) is 97.1 Å². The van der Waals surface area contributed by atoms with E-state index in [2.05, 4.69) is 36.4 Å². The Morgan fingerprint density at radius 2 is 0.640 bits per heavy atom. The molecule has 0 saturated heterocycles. The molecule has 5 aromatic carbocycles. The molecule has 0 atom stereocenters. The van der Waals surface area contributed by atoms with E-state index >= 15 is 0 Å². The SMILES string of the molecule is N#Cc1ccc(-c2ccc(OCCCCCCOc3ccccc3OCCCCCCOc3ccc(-c4ccc(C#N)cc4)cc3)cc2)cc1. The van der Waals surface area contributed by atoms with Gasteiger partial charge in [0.25, 0.3) is 0 Å². The molecule has 0 amide bonds. The lowest BCUT2D eigenvalue weighted by molar-refractivity contribution is 0.254. The molecular weight excluding hydrogens is 620 g/mol. The molecule has 0 aliphatic heterocycles. The summed E-state index contributed by atoms with van der Waals surface area (Å²) in [5, 5.41) is 18.0. The first kappa shape index (κ1) is 35.6. The van der Waals surface area contributed by atoms with E-state index in [1.165, 1.54) is 0 Å². The lowest BCUT2D eigenvalue weighted by Crippen LogP contribution is -2.03. The average Bonchev–Trinajstić information content (AvgIpc) is 3.18. The Hall–Kier alpha value is -5.72.